The summed E-state index contributed by atoms with van der Waals surface area (Å²) in [6.07, 6.45) is 3.51. The lowest BCUT2D eigenvalue weighted by Gasteiger charge is -2.18. The molecular weight excluding hydrogens is 344 g/mol. The number of benzene rings is 2. The van der Waals surface area contributed by atoms with E-state index >= 15 is 0 Å². The molecule has 138 valence electrons. The van der Waals surface area contributed by atoms with Gasteiger partial charge in [0.05, 0.1) is 5.69 Å². The summed E-state index contributed by atoms with van der Waals surface area (Å²) >= 11 is 0. The van der Waals surface area contributed by atoms with Crippen molar-refractivity contribution < 1.29 is 19.1 Å². The molecule has 2 amide bonds. The standard InChI is InChI=1S/C21H20N2O4/c24-18(15-5-4-13-2-1-3-14(13)10-15)7-9-20(25)22-16-6-8-19-17(11-16)23-21(26)12-27-19/h4-6,8,10-11H,1-3,7,9,12H2,(H,22,25)(H,23,26). The van der Waals surface area contributed by atoms with Gasteiger partial charge in [-0.1, -0.05) is 12.1 Å². The Morgan fingerprint density at radius 2 is 1.89 bits per heavy atom. The third-order valence-corrected chi connectivity index (χ3v) is 4.90. The Bertz CT molecular complexity index is 936. The Morgan fingerprint density at radius 3 is 2.78 bits per heavy atom. The highest BCUT2D eigenvalue weighted by atomic mass is 16.5. The number of ketones is 1. The summed E-state index contributed by atoms with van der Waals surface area (Å²) in [5.74, 6) is 0.0729. The average molecular weight is 364 g/mol. The van der Waals surface area contributed by atoms with E-state index in [0.717, 1.165) is 19.3 Å². The number of rotatable bonds is 5. The monoisotopic (exact) mass is 364 g/mol. The molecule has 0 atom stereocenters. The van der Waals surface area contributed by atoms with Crippen molar-refractivity contribution >= 4 is 29.0 Å². The lowest BCUT2D eigenvalue weighted by molar-refractivity contribution is -0.118. The fourth-order valence-electron chi connectivity index (χ4n) is 3.50. The van der Waals surface area contributed by atoms with Crippen molar-refractivity contribution in [3.63, 3.8) is 0 Å². The second kappa shape index (κ2) is 7.23. The van der Waals surface area contributed by atoms with Gasteiger partial charge in [-0.05, 0) is 54.7 Å². The molecule has 0 unspecified atom stereocenters. The first-order chi connectivity index (χ1) is 13.1. The van der Waals surface area contributed by atoms with Gasteiger partial charge in [0.2, 0.25) is 5.91 Å². The van der Waals surface area contributed by atoms with Crippen LogP contribution in [0, 0.1) is 0 Å². The zero-order chi connectivity index (χ0) is 18.8. The van der Waals surface area contributed by atoms with Crippen molar-refractivity contribution in [2.75, 3.05) is 17.2 Å². The summed E-state index contributed by atoms with van der Waals surface area (Å²) in [4.78, 5) is 36.0. The fourth-order valence-corrected chi connectivity index (χ4v) is 3.50. The number of ether oxygens (including phenoxy) is 1. The Balaban J connectivity index is 1.34. The van der Waals surface area contributed by atoms with Gasteiger partial charge in [0.1, 0.15) is 5.75 Å². The van der Waals surface area contributed by atoms with Crippen molar-refractivity contribution in [2.45, 2.75) is 32.1 Å². The van der Waals surface area contributed by atoms with Crippen LogP contribution in [-0.4, -0.2) is 24.2 Å². The van der Waals surface area contributed by atoms with E-state index in [1.807, 2.05) is 18.2 Å². The van der Waals surface area contributed by atoms with Gasteiger partial charge >= 0.3 is 0 Å². The first-order valence-corrected chi connectivity index (χ1v) is 9.10. The van der Waals surface area contributed by atoms with Crippen LogP contribution in [0.2, 0.25) is 0 Å². The lowest BCUT2D eigenvalue weighted by Crippen LogP contribution is -2.25. The number of fused-ring (bicyclic) bond motifs is 2. The van der Waals surface area contributed by atoms with Gasteiger partial charge in [-0.15, -0.1) is 0 Å². The van der Waals surface area contributed by atoms with Crippen LogP contribution in [0.15, 0.2) is 36.4 Å². The molecule has 6 heteroatoms. The van der Waals surface area contributed by atoms with Crippen molar-refractivity contribution in [1.29, 1.82) is 0 Å². The highest BCUT2D eigenvalue weighted by Gasteiger charge is 2.17. The van der Waals surface area contributed by atoms with Gasteiger partial charge in [0.25, 0.3) is 5.91 Å². The van der Waals surface area contributed by atoms with E-state index in [1.165, 1.54) is 11.1 Å². The van der Waals surface area contributed by atoms with Gasteiger partial charge in [-0.2, -0.15) is 0 Å². The number of carbonyl (C=O) groups is 3. The van der Waals surface area contributed by atoms with E-state index in [2.05, 4.69) is 10.6 Å². The molecule has 0 saturated carbocycles. The number of hydrogen-bond acceptors (Lipinski definition) is 4. The zero-order valence-corrected chi connectivity index (χ0v) is 14.8. The minimum absolute atomic E-state index is 0.0104. The number of hydrogen-bond donors (Lipinski definition) is 2. The molecule has 0 fully saturated rings. The topological polar surface area (TPSA) is 84.5 Å². The molecule has 1 heterocycles. The molecule has 6 nitrogen and oxygen atoms in total. The number of carbonyl (C=O) groups excluding carboxylic acids is 3. The molecule has 0 aromatic heterocycles. The SMILES string of the molecule is O=C(CCC(=O)c1ccc2c(c1)CCC2)Nc1ccc2c(c1)NC(=O)CO2. The maximum absolute atomic E-state index is 12.4. The molecule has 2 aliphatic rings. The molecule has 2 aromatic rings. The third kappa shape index (κ3) is 3.84. The average Bonchev–Trinajstić information content (AvgIpc) is 3.13. The molecule has 1 aliphatic heterocycles. The summed E-state index contributed by atoms with van der Waals surface area (Å²) < 4.78 is 5.29. The van der Waals surface area contributed by atoms with E-state index in [-0.39, 0.29) is 37.0 Å². The van der Waals surface area contributed by atoms with Crippen LogP contribution in [0.1, 0.15) is 40.7 Å². The predicted molar refractivity (Wildman–Crippen MR) is 101 cm³/mol. The van der Waals surface area contributed by atoms with Gasteiger partial charge in [0.15, 0.2) is 12.4 Å². The van der Waals surface area contributed by atoms with Gasteiger partial charge in [-0.3, -0.25) is 14.4 Å². The summed E-state index contributed by atoms with van der Waals surface area (Å²) in [6, 6.07) is 10.9. The number of anilines is 2. The highest BCUT2D eigenvalue weighted by molar-refractivity contribution is 6.01. The van der Waals surface area contributed by atoms with Crippen molar-refractivity contribution in [1.82, 2.24) is 0 Å². The molecule has 4 rings (SSSR count). The number of aryl methyl sites for hydroxylation is 2. The van der Waals surface area contributed by atoms with Crippen molar-refractivity contribution in [2.24, 2.45) is 0 Å². The Labute approximate surface area is 156 Å². The Morgan fingerprint density at radius 1 is 1.04 bits per heavy atom. The summed E-state index contributed by atoms with van der Waals surface area (Å²) in [5.41, 5.74) is 4.33. The Hall–Kier alpha value is -3.15. The third-order valence-electron chi connectivity index (χ3n) is 4.90. The predicted octanol–water partition coefficient (Wildman–Crippen LogP) is 3.11. The largest absolute Gasteiger partial charge is 0.482 e. The smallest absolute Gasteiger partial charge is 0.262 e. The van der Waals surface area contributed by atoms with Gasteiger partial charge in [-0.25, -0.2) is 0 Å². The Kier molecular flexibility index (Phi) is 4.62. The fraction of sp³-hybridized carbons (Fsp3) is 0.286. The van der Waals surface area contributed by atoms with Crippen molar-refractivity contribution in [3.05, 3.63) is 53.1 Å². The van der Waals surface area contributed by atoms with Gasteiger partial charge in [0, 0.05) is 24.1 Å². The first-order valence-electron chi connectivity index (χ1n) is 9.10. The van der Waals surface area contributed by atoms with E-state index in [4.69, 9.17) is 4.74 Å². The van der Waals surface area contributed by atoms with Crippen LogP contribution in [0.3, 0.4) is 0 Å². The van der Waals surface area contributed by atoms with Crippen LogP contribution >= 0.6 is 0 Å². The minimum Gasteiger partial charge on any atom is -0.482 e. The molecule has 0 radical (unpaired) electrons. The quantitative estimate of drug-likeness (QED) is 0.799. The van der Waals surface area contributed by atoms with E-state index < -0.39 is 0 Å². The van der Waals surface area contributed by atoms with E-state index in [1.54, 1.807) is 18.2 Å². The molecular formula is C21H20N2O4. The van der Waals surface area contributed by atoms with Crippen LogP contribution in [0.4, 0.5) is 11.4 Å². The van der Waals surface area contributed by atoms with E-state index in [0.29, 0.717) is 22.7 Å². The minimum atomic E-state index is -0.243. The van der Waals surface area contributed by atoms with Crippen molar-refractivity contribution in [3.8, 4) is 5.75 Å². The molecule has 1 aliphatic carbocycles. The van der Waals surface area contributed by atoms with Crippen LogP contribution in [0.5, 0.6) is 5.75 Å². The lowest BCUT2D eigenvalue weighted by atomic mass is 10.0. The number of Topliss-reactive ketones (excluding diaryl/α,β-unsaturated/α-hetero) is 1. The van der Waals surface area contributed by atoms with Crippen LogP contribution in [0.25, 0.3) is 0 Å². The molecule has 27 heavy (non-hydrogen) atoms. The maximum atomic E-state index is 12.4. The number of nitrogens with one attached hydrogen (secondary N) is 2. The summed E-state index contributed by atoms with van der Waals surface area (Å²) in [6.45, 7) is -0.0104. The van der Waals surface area contributed by atoms with E-state index in [9.17, 15) is 14.4 Å². The molecule has 2 aromatic carbocycles. The van der Waals surface area contributed by atoms with Gasteiger partial charge < -0.3 is 15.4 Å². The van der Waals surface area contributed by atoms with Crippen LogP contribution in [-0.2, 0) is 22.4 Å². The molecule has 0 saturated heterocycles. The summed E-state index contributed by atoms with van der Waals surface area (Å²) in [5, 5.41) is 5.45. The molecule has 0 spiro atoms. The maximum Gasteiger partial charge on any atom is 0.262 e. The second-order valence-electron chi connectivity index (χ2n) is 6.86. The first kappa shape index (κ1) is 17.3. The zero-order valence-electron chi connectivity index (χ0n) is 14.8. The summed E-state index contributed by atoms with van der Waals surface area (Å²) in [7, 11) is 0. The highest BCUT2D eigenvalue weighted by Crippen LogP contribution is 2.30. The molecule has 2 N–H and O–H groups in total. The number of amides is 2. The van der Waals surface area contributed by atoms with Crippen LogP contribution < -0.4 is 15.4 Å². The second-order valence-corrected chi connectivity index (χ2v) is 6.86. The normalized spacial score (nSPS) is 14.6. The molecule has 0 bridgehead atoms.